The molecule has 6 aromatic carbocycles. The van der Waals surface area contributed by atoms with E-state index >= 15 is 0 Å². The second-order valence-corrected chi connectivity index (χ2v) is 21.7. The molecule has 0 unspecified atom stereocenters. The minimum absolute atomic E-state index is 0.0704. The zero-order valence-corrected chi connectivity index (χ0v) is 40.8. The van der Waals surface area contributed by atoms with Crippen LogP contribution in [0.25, 0.3) is 10.8 Å². The number of benzene rings is 6. The first-order valence-corrected chi connectivity index (χ1v) is 26.5. The topological polar surface area (TPSA) is 457 Å². The van der Waals surface area contributed by atoms with Gasteiger partial charge in [-0.25, -0.2) is 27.4 Å². The fourth-order valence-corrected chi connectivity index (χ4v) is 10.4. The van der Waals surface area contributed by atoms with Crippen LogP contribution in [0.3, 0.4) is 0 Å². The number of fused-ring (bicyclic) bond motifs is 1. The molecule has 0 spiro atoms. The van der Waals surface area contributed by atoms with Gasteiger partial charge in [0.2, 0.25) is 0 Å². The lowest BCUT2D eigenvalue weighted by atomic mass is 10.1. The van der Waals surface area contributed by atoms with Crippen molar-refractivity contribution in [1.29, 1.82) is 0 Å². The molecule has 0 fully saturated rings. The monoisotopic (exact) mass is 1110 g/mol. The van der Waals surface area contributed by atoms with Gasteiger partial charge in [0.1, 0.15) is 38.3 Å². The van der Waals surface area contributed by atoms with Crippen LogP contribution in [-0.2, 0) is 63.0 Å². The quantitative estimate of drug-likeness (QED) is 0.00590. The van der Waals surface area contributed by atoms with Crippen molar-refractivity contribution in [2.24, 2.45) is 30.7 Å². The Morgan fingerprint density at radius 3 is 1.86 bits per heavy atom. The number of hydrogen-bond acceptors (Lipinski definition) is 28. The molecular weight excluding hydrogens is 1080 g/mol. The Morgan fingerprint density at radius 2 is 1.24 bits per heavy atom. The zero-order chi connectivity index (χ0) is 52.6. The summed E-state index contributed by atoms with van der Waals surface area (Å²) in [6.45, 7) is -0.549. The van der Waals surface area contributed by atoms with Gasteiger partial charge < -0.3 is 27.0 Å². The maximum Gasteiger partial charge on any atom is 0.296 e. The number of nitrogens with two attached hydrogens (primary N) is 3. The van der Waals surface area contributed by atoms with Crippen LogP contribution in [0.1, 0.15) is 0 Å². The number of aromatic hydroxyl groups is 1. The molecule has 6 aromatic rings. The Balaban J connectivity index is 1.29. The highest BCUT2D eigenvalue weighted by molar-refractivity contribution is 7.94. The largest absolute Gasteiger partial charge is 0.505 e. The van der Waals surface area contributed by atoms with Crippen LogP contribution < -0.4 is 26.7 Å². The van der Waals surface area contributed by atoms with Crippen molar-refractivity contribution >= 4 is 132 Å². The third kappa shape index (κ3) is 13.2. The Morgan fingerprint density at radius 1 is 0.639 bits per heavy atom. The molecule has 6 rings (SSSR count). The van der Waals surface area contributed by atoms with Crippen molar-refractivity contribution in [2.75, 3.05) is 41.4 Å². The van der Waals surface area contributed by atoms with Gasteiger partial charge in [0.05, 0.1) is 80.0 Å². The molecule has 12 N–H and O–H groups in total. The van der Waals surface area contributed by atoms with E-state index in [1.165, 1.54) is 55.6 Å². The SMILES string of the molecule is COc1cc(/N=N/c2ccc(NS(=O)(=O)c3ccc(/N=N/c4c(S(=O)(=O)O)cc5cc(SOOO)c(/N=N/c6ccc(S(=O)(=O)CCOSOOO)cc6S(=O)(=O)O)c(O)c5c4N)cc3)cc2)c(N)cc1N. The van der Waals surface area contributed by atoms with Crippen molar-refractivity contribution in [2.45, 2.75) is 24.5 Å². The molecule has 0 amide bonds. The predicted octanol–water partition coefficient (Wildman–Crippen LogP) is 8.04. The van der Waals surface area contributed by atoms with Gasteiger partial charge in [-0.05, 0) is 90.3 Å². The van der Waals surface area contributed by atoms with E-state index in [9.17, 15) is 47.9 Å². The number of sulfone groups is 1. The number of phenolic OH excluding ortho intramolecular Hbond substituents is 1. The number of nitrogens with zero attached hydrogens (tertiary/aromatic N) is 6. The molecule has 0 aromatic heterocycles. The minimum Gasteiger partial charge on any atom is -0.505 e. The summed E-state index contributed by atoms with van der Waals surface area (Å²) < 4.78 is 143. The van der Waals surface area contributed by atoms with Gasteiger partial charge in [-0.1, -0.05) is 10.1 Å². The van der Waals surface area contributed by atoms with Crippen molar-refractivity contribution in [3.05, 3.63) is 91.0 Å². The van der Waals surface area contributed by atoms with Crippen LogP contribution in [-0.4, -0.2) is 77.9 Å². The Labute approximate surface area is 415 Å². The third-order valence-electron chi connectivity index (χ3n) is 9.30. The number of rotatable bonds is 22. The van der Waals surface area contributed by atoms with E-state index in [4.69, 9.17) is 36.6 Å². The van der Waals surface area contributed by atoms with Gasteiger partial charge in [0, 0.05) is 11.8 Å². The molecule has 0 saturated heterocycles. The number of azo groups is 3. The molecule has 0 heterocycles. The standard InChI is InChI=1S/C37H34N10O19S6/c1-61-29-18-28(25(38)17-26(29)39)44-41-20-2-4-22(5-3-20)47-70(53,54)23-8-6-21(7-9-23)42-46-36-32(72(58,59)60)15-19-14-30(67-65-63-49)35(37(48)33(19)34(36)40)45-43-27-11-10-24(16-31(27)71(55,56)57)69(51,52)13-12-62-68-66-64-50/h2-11,14-18,47-50H,12-13,38-40H2,1H3,(H,55,56,57)(H,58,59,60)/b44-41+,45-43+,46-42+. The number of anilines is 4. The second-order valence-electron chi connectivity index (χ2n) is 13.9. The van der Waals surface area contributed by atoms with Crippen LogP contribution in [0.4, 0.5) is 56.9 Å². The van der Waals surface area contributed by atoms with Crippen LogP contribution >= 0.6 is 24.4 Å². The number of phenols is 1. The number of sulfonamides is 1. The third-order valence-corrected chi connectivity index (χ3v) is 15.1. The van der Waals surface area contributed by atoms with Gasteiger partial charge in [-0.15, -0.1) is 29.1 Å². The summed E-state index contributed by atoms with van der Waals surface area (Å²) in [6.07, 6.45) is 0. The average Bonchev–Trinajstić information content (AvgIpc) is 3.32. The van der Waals surface area contributed by atoms with Gasteiger partial charge in [-0.3, -0.25) is 18.0 Å². The van der Waals surface area contributed by atoms with Crippen molar-refractivity contribution in [3.63, 3.8) is 0 Å². The molecule has 0 aliphatic heterocycles. The lowest BCUT2D eigenvalue weighted by Gasteiger charge is -2.14. The molecule has 35 heteroatoms. The van der Waals surface area contributed by atoms with E-state index in [1.807, 2.05) is 0 Å². The summed E-state index contributed by atoms with van der Waals surface area (Å²) in [4.78, 5) is -3.26. The lowest BCUT2D eigenvalue weighted by molar-refractivity contribution is -0.434. The molecular formula is C37H34N10O19S6. The number of hydrogen-bond donors (Lipinski definition) is 9. The second kappa shape index (κ2) is 22.8. The summed E-state index contributed by atoms with van der Waals surface area (Å²) in [7, 11) is -17.5. The molecule has 0 bridgehead atoms. The first-order valence-electron chi connectivity index (χ1n) is 19.0. The first-order chi connectivity index (χ1) is 34.0. The van der Waals surface area contributed by atoms with Crippen LogP contribution in [0.2, 0.25) is 0 Å². The maximum atomic E-state index is 13.3. The molecule has 29 nitrogen and oxygen atoms in total. The minimum atomic E-state index is -5.25. The summed E-state index contributed by atoms with van der Waals surface area (Å²) >= 11 is 0.223. The van der Waals surface area contributed by atoms with Crippen LogP contribution in [0.15, 0.2) is 146 Å². The fraction of sp³-hybridized carbons (Fsp3) is 0.0811. The highest BCUT2D eigenvalue weighted by Gasteiger charge is 2.27. The van der Waals surface area contributed by atoms with E-state index in [1.54, 1.807) is 0 Å². The van der Waals surface area contributed by atoms with Crippen LogP contribution in [0.5, 0.6) is 11.5 Å². The summed E-state index contributed by atoms with van der Waals surface area (Å²) in [5.41, 5.74) is 16.7. The average molecular weight is 1120 g/mol. The van der Waals surface area contributed by atoms with E-state index in [0.717, 1.165) is 36.4 Å². The number of nitrogens with one attached hydrogen (secondary N) is 1. The normalized spacial score (nSPS) is 12.7. The lowest BCUT2D eigenvalue weighted by Crippen LogP contribution is -2.12. The van der Waals surface area contributed by atoms with Gasteiger partial charge in [0.25, 0.3) is 30.3 Å². The number of ether oxygens (including phenoxy) is 1. The maximum absolute atomic E-state index is 13.3. The smallest absolute Gasteiger partial charge is 0.296 e. The van der Waals surface area contributed by atoms with Crippen molar-refractivity contribution < 1.29 is 86.1 Å². The Hall–Kier alpha value is -6.68. The number of methoxy groups -OCH3 is 1. The Kier molecular flexibility index (Phi) is 17.3. The van der Waals surface area contributed by atoms with Gasteiger partial charge >= 0.3 is 0 Å². The van der Waals surface area contributed by atoms with Crippen molar-refractivity contribution in [3.8, 4) is 11.5 Å². The molecule has 72 heavy (non-hydrogen) atoms. The van der Waals surface area contributed by atoms with E-state index < -0.39 is 101 Å². The predicted molar refractivity (Wildman–Crippen MR) is 255 cm³/mol. The molecule has 0 atom stereocenters. The van der Waals surface area contributed by atoms with Gasteiger partial charge in [-0.2, -0.15) is 27.1 Å². The highest BCUT2D eigenvalue weighted by atomic mass is 32.2. The Bertz CT molecular complexity index is 3570. The molecule has 0 aliphatic rings. The highest BCUT2D eigenvalue weighted by Crippen LogP contribution is 2.50. The molecule has 0 aliphatic carbocycles. The summed E-state index contributed by atoms with van der Waals surface area (Å²) in [6, 6.07) is 17.5. The summed E-state index contributed by atoms with van der Waals surface area (Å²) in [5.74, 6) is -1.36. The summed E-state index contributed by atoms with van der Waals surface area (Å²) in [5, 5.41) is 58.4. The zero-order valence-electron chi connectivity index (χ0n) is 35.9. The van der Waals surface area contributed by atoms with Gasteiger partial charge in [0.15, 0.2) is 27.9 Å². The van der Waals surface area contributed by atoms with E-state index in [-0.39, 0.29) is 62.3 Å². The fourth-order valence-electron chi connectivity index (χ4n) is 6.02. The van der Waals surface area contributed by atoms with E-state index in [0.29, 0.717) is 23.2 Å². The van der Waals surface area contributed by atoms with Crippen molar-refractivity contribution in [1.82, 2.24) is 0 Å². The number of nitrogen functional groups attached to an aromatic ring is 3. The first kappa shape index (κ1) is 54.6. The molecule has 0 radical (unpaired) electrons. The molecule has 382 valence electrons. The van der Waals surface area contributed by atoms with Crippen LogP contribution in [0, 0.1) is 0 Å². The van der Waals surface area contributed by atoms with E-state index in [2.05, 4.69) is 54.2 Å². The molecule has 0 saturated carbocycles.